The van der Waals surface area contributed by atoms with E-state index in [0.29, 0.717) is 17.1 Å². The Morgan fingerprint density at radius 1 is 1.21 bits per heavy atom. The first-order valence-corrected chi connectivity index (χ1v) is 8.62. The van der Waals surface area contributed by atoms with Gasteiger partial charge < -0.3 is 10.1 Å². The molecule has 1 aromatic carbocycles. The van der Waals surface area contributed by atoms with Gasteiger partial charge in [-0.1, -0.05) is 26.8 Å². The van der Waals surface area contributed by atoms with Gasteiger partial charge in [0.1, 0.15) is 11.4 Å². The first-order chi connectivity index (χ1) is 13.1. The van der Waals surface area contributed by atoms with E-state index in [0.717, 1.165) is 10.1 Å². The SMILES string of the molecule is COc1ccc(C(C)(C)C)cc1NC(=O)c1nc2nc(C)cc(C(F)F)n2n1. The number of hydrogen-bond donors (Lipinski definition) is 1. The van der Waals surface area contributed by atoms with Crippen LogP contribution in [-0.4, -0.2) is 32.6 Å². The molecule has 0 atom stereocenters. The summed E-state index contributed by atoms with van der Waals surface area (Å²) in [5.74, 6) is -0.501. The molecule has 0 aliphatic carbocycles. The van der Waals surface area contributed by atoms with Gasteiger partial charge in [-0.05, 0) is 36.1 Å². The number of benzene rings is 1. The third-order valence-electron chi connectivity index (χ3n) is 4.21. The van der Waals surface area contributed by atoms with Gasteiger partial charge in [-0.2, -0.15) is 9.50 Å². The van der Waals surface area contributed by atoms with E-state index in [1.807, 2.05) is 26.8 Å². The first-order valence-electron chi connectivity index (χ1n) is 8.62. The standard InChI is InChI=1S/C19H21F2N5O2/c1-10-8-13(15(20)21)26-18(22-10)24-16(25-26)17(27)23-12-9-11(19(2,3)4)6-7-14(12)28-5/h6-9,15H,1-5H3,(H,23,27). The molecule has 2 heterocycles. The largest absolute Gasteiger partial charge is 0.495 e. The van der Waals surface area contributed by atoms with Crippen molar-refractivity contribution >= 4 is 17.4 Å². The van der Waals surface area contributed by atoms with Gasteiger partial charge in [0.25, 0.3) is 18.1 Å². The second-order valence-corrected chi connectivity index (χ2v) is 7.39. The van der Waals surface area contributed by atoms with Crippen LogP contribution in [0.3, 0.4) is 0 Å². The van der Waals surface area contributed by atoms with Crippen LogP contribution in [0.4, 0.5) is 14.5 Å². The lowest BCUT2D eigenvalue weighted by atomic mass is 9.87. The molecule has 0 unspecified atom stereocenters. The third-order valence-corrected chi connectivity index (χ3v) is 4.21. The molecule has 0 bridgehead atoms. The highest BCUT2D eigenvalue weighted by Crippen LogP contribution is 2.31. The fourth-order valence-corrected chi connectivity index (χ4v) is 2.72. The van der Waals surface area contributed by atoms with Gasteiger partial charge in [0.15, 0.2) is 0 Å². The minimum atomic E-state index is -2.77. The van der Waals surface area contributed by atoms with Crippen LogP contribution < -0.4 is 10.1 Å². The van der Waals surface area contributed by atoms with Gasteiger partial charge in [0, 0.05) is 5.69 Å². The zero-order valence-electron chi connectivity index (χ0n) is 16.2. The molecule has 2 aromatic heterocycles. The van der Waals surface area contributed by atoms with Crippen LogP contribution in [0.1, 0.15) is 54.8 Å². The number of halogens is 2. The zero-order valence-corrected chi connectivity index (χ0v) is 16.2. The number of aryl methyl sites for hydroxylation is 1. The van der Waals surface area contributed by atoms with Crippen LogP contribution in [0.15, 0.2) is 24.3 Å². The maximum Gasteiger partial charge on any atom is 0.295 e. The lowest BCUT2D eigenvalue weighted by Crippen LogP contribution is -2.17. The fourth-order valence-electron chi connectivity index (χ4n) is 2.72. The molecule has 3 aromatic rings. The predicted octanol–water partition coefficient (Wildman–Crippen LogP) is 3.93. The number of aromatic nitrogens is 4. The summed E-state index contributed by atoms with van der Waals surface area (Å²) in [6.45, 7) is 7.71. The summed E-state index contributed by atoms with van der Waals surface area (Å²) in [6.07, 6.45) is -2.77. The van der Waals surface area contributed by atoms with Gasteiger partial charge in [-0.3, -0.25) is 4.79 Å². The fraction of sp³-hybridized carbons (Fsp3) is 0.368. The van der Waals surface area contributed by atoms with Gasteiger partial charge >= 0.3 is 0 Å². The van der Waals surface area contributed by atoms with Crippen LogP contribution >= 0.6 is 0 Å². The van der Waals surface area contributed by atoms with E-state index >= 15 is 0 Å². The summed E-state index contributed by atoms with van der Waals surface area (Å²) in [5, 5.41) is 6.60. The van der Waals surface area contributed by atoms with E-state index in [-0.39, 0.29) is 22.7 Å². The Labute approximate surface area is 160 Å². The number of nitrogens with zero attached hydrogens (tertiary/aromatic N) is 4. The molecule has 28 heavy (non-hydrogen) atoms. The smallest absolute Gasteiger partial charge is 0.295 e. The molecule has 9 heteroatoms. The van der Waals surface area contributed by atoms with Gasteiger partial charge in [0.05, 0.1) is 12.8 Å². The Hall–Kier alpha value is -3.10. The summed E-state index contributed by atoms with van der Waals surface area (Å²) in [5.41, 5.74) is 1.28. The highest BCUT2D eigenvalue weighted by Gasteiger charge is 2.22. The van der Waals surface area contributed by atoms with Crippen molar-refractivity contribution in [2.45, 2.75) is 39.5 Å². The van der Waals surface area contributed by atoms with Gasteiger partial charge in [0.2, 0.25) is 5.82 Å². The number of ether oxygens (including phenoxy) is 1. The van der Waals surface area contributed by atoms with Crippen molar-refractivity contribution in [1.29, 1.82) is 0 Å². The number of methoxy groups -OCH3 is 1. The molecule has 0 fully saturated rings. The number of carbonyl (C=O) groups excluding carboxylic acids is 1. The molecule has 0 saturated heterocycles. The number of fused-ring (bicyclic) bond motifs is 1. The predicted molar refractivity (Wildman–Crippen MR) is 100 cm³/mol. The second kappa shape index (κ2) is 7.14. The van der Waals surface area contributed by atoms with Gasteiger partial charge in [-0.15, -0.1) is 5.10 Å². The second-order valence-electron chi connectivity index (χ2n) is 7.39. The number of hydrogen-bond acceptors (Lipinski definition) is 5. The minimum absolute atomic E-state index is 0.0594. The van der Waals surface area contributed by atoms with Crippen molar-refractivity contribution in [1.82, 2.24) is 19.6 Å². The molecular formula is C19H21F2N5O2. The molecule has 7 nitrogen and oxygen atoms in total. The summed E-state index contributed by atoms with van der Waals surface area (Å²) >= 11 is 0. The Morgan fingerprint density at radius 2 is 1.93 bits per heavy atom. The van der Waals surface area contributed by atoms with Crippen molar-refractivity contribution in [2.75, 3.05) is 12.4 Å². The lowest BCUT2D eigenvalue weighted by molar-refractivity contribution is 0.101. The molecule has 0 spiro atoms. The molecule has 1 amide bonds. The van der Waals surface area contributed by atoms with Gasteiger partial charge in [-0.25, -0.2) is 13.8 Å². The monoisotopic (exact) mass is 389 g/mol. The van der Waals surface area contributed by atoms with Crippen LogP contribution in [-0.2, 0) is 5.41 Å². The Balaban J connectivity index is 1.99. The summed E-state index contributed by atoms with van der Waals surface area (Å²) in [4.78, 5) is 20.7. The number of rotatable bonds is 4. The zero-order chi connectivity index (χ0) is 20.6. The Bertz CT molecular complexity index is 1040. The molecule has 0 radical (unpaired) electrons. The normalized spacial score (nSPS) is 11.9. The summed E-state index contributed by atoms with van der Waals surface area (Å²) < 4.78 is 32.7. The van der Waals surface area contributed by atoms with Crippen molar-refractivity contribution in [3.8, 4) is 5.75 Å². The quantitative estimate of drug-likeness (QED) is 0.731. The highest BCUT2D eigenvalue weighted by molar-refractivity contribution is 6.02. The number of alkyl halides is 2. The maximum atomic E-state index is 13.3. The number of carbonyl (C=O) groups is 1. The molecule has 1 N–H and O–H groups in total. The highest BCUT2D eigenvalue weighted by atomic mass is 19.3. The molecule has 148 valence electrons. The van der Waals surface area contributed by atoms with E-state index in [4.69, 9.17) is 4.74 Å². The maximum absolute atomic E-state index is 13.3. The van der Waals surface area contributed by atoms with Crippen molar-refractivity contribution in [3.05, 3.63) is 47.0 Å². The van der Waals surface area contributed by atoms with Crippen molar-refractivity contribution < 1.29 is 18.3 Å². The lowest BCUT2D eigenvalue weighted by Gasteiger charge is -2.21. The van der Waals surface area contributed by atoms with E-state index < -0.39 is 12.3 Å². The van der Waals surface area contributed by atoms with Crippen molar-refractivity contribution in [2.24, 2.45) is 0 Å². The van der Waals surface area contributed by atoms with E-state index in [9.17, 15) is 13.6 Å². The number of anilines is 1. The molecule has 3 rings (SSSR count). The van der Waals surface area contributed by atoms with Crippen LogP contribution in [0.2, 0.25) is 0 Å². The minimum Gasteiger partial charge on any atom is -0.495 e. The molecule has 0 saturated carbocycles. The van der Waals surface area contributed by atoms with Crippen LogP contribution in [0, 0.1) is 6.92 Å². The van der Waals surface area contributed by atoms with Crippen LogP contribution in [0.5, 0.6) is 5.75 Å². The third kappa shape index (κ3) is 3.78. The number of nitrogens with one attached hydrogen (secondary N) is 1. The summed E-state index contributed by atoms with van der Waals surface area (Å²) in [7, 11) is 1.49. The Kier molecular flexibility index (Phi) is 5.01. The first kappa shape index (κ1) is 19.7. The summed E-state index contributed by atoms with van der Waals surface area (Å²) in [6, 6.07) is 6.69. The Morgan fingerprint density at radius 3 is 2.54 bits per heavy atom. The number of amides is 1. The topological polar surface area (TPSA) is 81.4 Å². The molecular weight excluding hydrogens is 368 g/mol. The average molecular weight is 389 g/mol. The van der Waals surface area contributed by atoms with E-state index in [1.54, 1.807) is 19.1 Å². The van der Waals surface area contributed by atoms with E-state index in [1.165, 1.54) is 13.2 Å². The molecule has 0 aliphatic rings. The van der Waals surface area contributed by atoms with Crippen LogP contribution in [0.25, 0.3) is 5.78 Å². The molecule has 0 aliphatic heterocycles. The van der Waals surface area contributed by atoms with E-state index in [2.05, 4.69) is 20.4 Å². The van der Waals surface area contributed by atoms with Crippen molar-refractivity contribution in [3.63, 3.8) is 0 Å². The average Bonchev–Trinajstić information content (AvgIpc) is 3.03.